The average molecular weight is 308 g/mol. The predicted octanol–water partition coefficient (Wildman–Crippen LogP) is 3.84. The molecule has 4 rings (SSSR count). The van der Waals surface area contributed by atoms with Crippen LogP contribution in [0, 0.1) is 11.7 Å². The summed E-state index contributed by atoms with van der Waals surface area (Å²) in [5, 5.41) is 0. The van der Waals surface area contributed by atoms with Crippen LogP contribution >= 0.6 is 0 Å². The summed E-state index contributed by atoms with van der Waals surface area (Å²) in [6.07, 6.45) is 1.80. The molecule has 2 aromatic carbocycles. The lowest BCUT2D eigenvalue weighted by molar-refractivity contribution is 0.0943. The van der Waals surface area contributed by atoms with Crippen molar-refractivity contribution in [3.05, 3.63) is 65.5 Å². The highest BCUT2D eigenvalue weighted by Gasteiger charge is 2.38. The molecule has 2 heterocycles. The van der Waals surface area contributed by atoms with Gasteiger partial charge in [0.25, 0.3) is 0 Å². The Bertz CT molecular complexity index is 782. The first kappa shape index (κ1) is 14.1. The highest BCUT2D eigenvalue weighted by Crippen LogP contribution is 2.35. The van der Waals surface area contributed by atoms with E-state index in [1.54, 1.807) is 12.1 Å². The van der Waals surface area contributed by atoms with Gasteiger partial charge in [-0.15, -0.1) is 0 Å². The number of Topliss-reactive ketones (excluding diaryl/α,β-unsaturated/α-hetero) is 1. The summed E-state index contributed by atoms with van der Waals surface area (Å²) in [6.45, 7) is 1.36. The largest absolute Gasteiger partial charge is 0.324 e. The van der Waals surface area contributed by atoms with E-state index < -0.39 is 0 Å². The number of carbonyl (C=O) groups excluding carboxylic acids is 1. The van der Waals surface area contributed by atoms with E-state index in [9.17, 15) is 9.18 Å². The van der Waals surface area contributed by atoms with Crippen LogP contribution in [-0.2, 0) is 6.54 Å². The SMILES string of the molecule is O=C1c2ccccc2N(Cc2ccc(F)cc2)C2=NCCCC12. The Balaban J connectivity index is 1.78. The van der Waals surface area contributed by atoms with E-state index in [0.717, 1.165) is 42.0 Å². The molecule has 0 saturated carbocycles. The Morgan fingerprint density at radius 2 is 1.91 bits per heavy atom. The first-order valence-electron chi connectivity index (χ1n) is 7.93. The topological polar surface area (TPSA) is 32.7 Å². The number of hydrogen-bond acceptors (Lipinski definition) is 3. The minimum absolute atomic E-state index is 0.140. The molecular weight excluding hydrogens is 291 g/mol. The van der Waals surface area contributed by atoms with Crippen molar-refractivity contribution < 1.29 is 9.18 Å². The normalized spacial score (nSPS) is 19.9. The van der Waals surface area contributed by atoms with Crippen molar-refractivity contribution in [2.75, 3.05) is 11.4 Å². The molecule has 23 heavy (non-hydrogen) atoms. The number of halogens is 1. The molecule has 116 valence electrons. The molecule has 0 N–H and O–H groups in total. The number of benzene rings is 2. The summed E-state index contributed by atoms with van der Waals surface area (Å²) in [5.74, 6) is 0.661. The van der Waals surface area contributed by atoms with Crippen LogP contribution in [0.3, 0.4) is 0 Å². The van der Waals surface area contributed by atoms with Crippen LogP contribution in [0.15, 0.2) is 53.5 Å². The number of hydrogen-bond donors (Lipinski definition) is 0. The molecule has 0 aliphatic carbocycles. The van der Waals surface area contributed by atoms with Crippen LogP contribution in [0.5, 0.6) is 0 Å². The molecule has 2 aromatic rings. The third-order valence-electron chi connectivity index (χ3n) is 4.54. The summed E-state index contributed by atoms with van der Waals surface area (Å²) in [5.41, 5.74) is 2.67. The monoisotopic (exact) mass is 308 g/mol. The molecular formula is C19H17FN2O. The number of amidine groups is 1. The third-order valence-corrected chi connectivity index (χ3v) is 4.54. The Hall–Kier alpha value is -2.49. The molecule has 1 unspecified atom stereocenters. The van der Waals surface area contributed by atoms with E-state index in [-0.39, 0.29) is 17.5 Å². The molecule has 3 nitrogen and oxygen atoms in total. The maximum Gasteiger partial charge on any atom is 0.175 e. The molecule has 1 atom stereocenters. The van der Waals surface area contributed by atoms with Crippen molar-refractivity contribution in [1.82, 2.24) is 0 Å². The van der Waals surface area contributed by atoms with Gasteiger partial charge in [-0.2, -0.15) is 0 Å². The molecule has 0 spiro atoms. The highest BCUT2D eigenvalue weighted by atomic mass is 19.1. The fraction of sp³-hybridized carbons (Fsp3) is 0.263. The quantitative estimate of drug-likeness (QED) is 0.844. The fourth-order valence-corrected chi connectivity index (χ4v) is 3.42. The van der Waals surface area contributed by atoms with Gasteiger partial charge in [0.15, 0.2) is 5.78 Å². The second-order valence-electron chi connectivity index (χ2n) is 6.03. The van der Waals surface area contributed by atoms with Gasteiger partial charge in [-0.1, -0.05) is 24.3 Å². The van der Waals surface area contributed by atoms with Gasteiger partial charge in [0.05, 0.1) is 11.6 Å². The molecule has 0 saturated heterocycles. The number of anilines is 1. The highest BCUT2D eigenvalue weighted by molar-refractivity contribution is 6.23. The lowest BCUT2D eigenvalue weighted by atomic mass is 9.85. The van der Waals surface area contributed by atoms with E-state index in [4.69, 9.17) is 0 Å². The number of ketones is 1. The fourth-order valence-electron chi connectivity index (χ4n) is 3.42. The maximum absolute atomic E-state index is 13.1. The van der Waals surface area contributed by atoms with Gasteiger partial charge in [-0.25, -0.2) is 4.39 Å². The lowest BCUT2D eigenvalue weighted by Gasteiger charge is -2.38. The summed E-state index contributed by atoms with van der Waals surface area (Å²) in [4.78, 5) is 19.5. The van der Waals surface area contributed by atoms with Gasteiger partial charge in [0.1, 0.15) is 11.7 Å². The number of carbonyl (C=O) groups is 1. The van der Waals surface area contributed by atoms with E-state index in [1.807, 2.05) is 24.3 Å². The Kier molecular flexibility index (Phi) is 3.45. The van der Waals surface area contributed by atoms with Gasteiger partial charge in [-0.05, 0) is 42.7 Å². The molecule has 2 aliphatic heterocycles. The van der Waals surface area contributed by atoms with Crippen molar-refractivity contribution in [3.63, 3.8) is 0 Å². The van der Waals surface area contributed by atoms with Gasteiger partial charge < -0.3 is 4.90 Å². The average Bonchev–Trinajstić information content (AvgIpc) is 2.60. The molecule has 0 radical (unpaired) electrons. The summed E-state index contributed by atoms with van der Waals surface area (Å²) >= 11 is 0. The molecule has 0 fully saturated rings. The Labute approximate surface area is 134 Å². The minimum atomic E-state index is -0.240. The predicted molar refractivity (Wildman–Crippen MR) is 88.4 cm³/mol. The molecule has 0 amide bonds. The van der Waals surface area contributed by atoms with Crippen LogP contribution in [0.1, 0.15) is 28.8 Å². The molecule has 4 heteroatoms. The molecule has 0 bridgehead atoms. The summed E-state index contributed by atoms with van der Waals surface area (Å²) in [7, 11) is 0. The van der Waals surface area contributed by atoms with Crippen molar-refractivity contribution in [2.45, 2.75) is 19.4 Å². The standard InChI is InChI=1S/C19H17FN2O/c20-14-9-7-13(8-10-14)12-22-17-6-2-1-4-15(17)18(23)16-5-3-11-21-19(16)22/h1-2,4,6-10,16H,3,5,11-12H2. The lowest BCUT2D eigenvalue weighted by Crippen LogP contribution is -2.46. The van der Waals surface area contributed by atoms with Crippen LogP contribution in [0.4, 0.5) is 10.1 Å². The van der Waals surface area contributed by atoms with Crippen molar-refractivity contribution >= 4 is 17.3 Å². The number of nitrogens with zero attached hydrogens (tertiary/aromatic N) is 2. The zero-order valence-corrected chi connectivity index (χ0v) is 12.7. The van der Waals surface area contributed by atoms with Gasteiger partial charge in [-0.3, -0.25) is 9.79 Å². The van der Waals surface area contributed by atoms with Crippen molar-refractivity contribution in [2.24, 2.45) is 10.9 Å². The second-order valence-corrected chi connectivity index (χ2v) is 6.03. The maximum atomic E-state index is 13.1. The van der Waals surface area contributed by atoms with Gasteiger partial charge in [0.2, 0.25) is 0 Å². The first-order valence-corrected chi connectivity index (χ1v) is 7.93. The van der Waals surface area contributed by atoms with Crippen LogP contribution in [-0.4, -0.2) is 18.2 Å². The Morgan fingerprint density at radius 1 is 1.13 bits per heavy atom. The number of para-hydroxylation sites is 1. The van der Waals surface area contributed by atoms with Crippen molar-refractivity contribution in [1.29, 1.82) is 0 Å². The van der Waals surface area contributed by atoms with Crippen LogP contribution in [0.25, 0.3) is 0 Å². The first-order chi connectivity index (χ1) is 11.2. The molecule has 2 aliphatic rings. The number of aliphatic imine (C=N–C) groups is 1. The zero-order chi connectivity index (χ0) is 15.8. The van der Waals surface area contributed by atoms with Crippen LogP contribution in [0.2, 0.25) is 0 Å². The van der Waals surface area contributed by atoms with Gasteiger partial charge >= 0.3 is 0 Å². The van der Waals surface area contributed by atoms with E-state index in [2.05, 4.69) is 9.89 Å². The smallest absolute Gasteiger partial charge is 0.175 e. The summed E-state index contributed by atoms with van der Waals surface area (Å²) in [6, 6.07) is 14.2. The molecule has 0 aromatic heterocycles. The number of fused-ring (bicyclic) bond motifs is 2. The summed E-state index contributed by atoms with van der Waals surface area (Å²) < 4.78 is 13.1. The second kappa shape index (κ2) is 5.61. The Morgan fingerprint density at radius 3 is 2.74 bits per heavy atom. The van der Waals surface area contributed by atoms with Crippen LogP contribution < -0.4 is 4.90 Å². The van der Waals surface area contributed by atoms with Gasteiger partial charge in [0, 0.05) is 18.7 Å². The van der Waals surface area contributed by atoms with Crippen molar-refractivity contribution in [3.8, 4) is 0 Å². The van der Waals surface area contributed by atoms with E-state index in [1.165, 1.54) is 12.1 Å². The zero-order valence-electron chi connectivity index (χ0n) is 12.7. The number of rotatable bonds is 2. The van der Waals surface area contributed by atoms with E-state index >= 15 is 0 Å². The third kappa shape index (κ3) is 2.44. The van der Waals surface area contributed by atoms with E-state index in [0.29, 0.717) is 6.54 Å². The minimum Gasteiger partial charge on any atom is -0.324 e.